The zero-order valence-corrected chi connectivity index (χ0v) is 10.7. The molecule has 0 spiro atoms. The highest BCUT2D eigenvalue weighted by Crippen LogP contribution is 2.24. The summed E-state index contributed by atoms with van der Waals surface area (Å²) < 4.78 is 6.43. The first kappa shape index (κ1) is 11.7. The van der Waals surface area contributed by atoms with Crippen molar-refractivity contribution in [3.8, 4) is 5.88 Å². The Bertz CT molecular complexity index is 396. The van der Waals surface area contributed by atoms with Gasteiger partial charge in [-0.1, -0.05) is 0 Å². The van der Waals surface area contributed by atoms with E-state index < -0.39 is 0 Å². The number of pyridine rings is 1. The SMILES string of the molecule is O=C(CCl)N1CC(Oc2ncccc2Br)C1. The molecule has 0 atom stereocenters. The Morgan fingerprint density at radius 1 is 1.69 bits per heavy atom. The number of aromatic nitrogens is 1. The van der Waals surface area contributed by atoms with Crippen LogP contribution in [0.1, 0.15) is 0 Å². The number of likely N-dealkylation sites (tertiary alicyclic amines) is 1. The van der Waals surface area contributed by atoms with Gasteiger partial charge in [-0.2, -0.15) is 0 Å². The second-order valence-electron chi connectivity index (χ2n) is 3.46. The normalized spacial score (nSPS) is 15.8. The molecule has 16 heavy (non-hydrogen) atoms. The highest BCUT2D eigenvalue weighted by atomic mass is 79.9. The summed E-state index contributed by atoms with van der Waals surface area (Å²) in [5.41, 5.74) is 0. The lowest BCUT2D eigenvalue weighted by Gasteiger charge is -2.38. The standard InChI is InChI=1S/C10H10BrClN2O2/c11-8-2-1-3-13-10(8)16-7-5-14(6-7)9(15)4-12/h1-3,7H,4-6H2. The van der Waals surface area contributed by atoms with E-state index in [2.05, 4.69) is 20.9 Å². The largest absolute Gasteiger partial charge is 0.470 e. The molecular formula is C10H10BrClN2O2. The van der Waals surface area contributed by atoms with Crippen LogP contribution in [0.5, 0.6) is 5.88 Å². The lowest BCUT2D eigenvalue weighted by molar-refractivity contribution is -0.137. The Morgan fingerprint density at radius 2 is 2.44 bits per heavy atom. The topological polar surface area (TPSA) is 42.4 Å². The highest BCUT2D eigenvalue weighted by molar-refractivity contribution is 9.10. The second-order valence-corrected chi connectivity index (χ2v) is 4.58. The molecule has 86 valence electrons. The molecule has 0 bridgehead atoms. The van der Waals surface area contributed by atoms with Crippen molar-refractivity contribution in [1.29, 1.82) is 0 Å². The van der Waals surface area contributed by atoms with Crippen LogP contribution in [0.25, 0.3) is 0 Å². The van der Waals surface area contributed by atoms with Gasteiger partial charge in [0.1, 0.15) is 12.0 Å². The Kier molecular flexibility index (Phi) is 3.66. The van der Waals surface area contributed by atoms with Gasteiger partial charge >= 0.3 is 0 Å². The summed E-state index contributed by atoms with van der Waals surface area (Å²) >= 11 is 8.79. The van der Waals surface area contributed by atoms with Gasteiger partial charge < -0.3 is 9.64 Å². The average molecular weight is 306 g/mol. The number of hydrogen-bond acceptors (Lipinski definition) is 3. The molecular weight excluding hydrogens is 295 g/mol. The van der Waals surface area contributed by atoms with Gasteiger partial charge in [-0.15, -0.1) is 11.6 Å². The van der Waals surface area contributed by atoms with Crippen molar-refractivity contribution in [3.05, 3.63) is 22.8 Å². The van der Waals surface area contributed by atoms with Crippen LogP contribution in [0, 0.1) is 0 Å². The zero-order valence-electron chi connectivity index (χ0n) is 8.40. The quantitative estimate of drug-likeness (QED) is 0.798. The van der Waals surface area contributed by atoms with Crippen molar-refractivity contribution in [2.24, 2.45) is 0 Å². The molecule has 0 N–H and O–H groups in total. The number of nitrogens with zero attached hydrogens (tertiary/aromatic N) is 2. The minimum Gasteiger partial charge on any atom is -0.470 e. The van der Waals surface area contributed by atoms with Crippen LogP contribution in [-0.2, 0) is 4.79 Å². The number of carbonyl (C=O) groups excluding carboxylic acids is 1. The summed E-state index contributed by atoms with van der Waals surface area (Å²) in [6.07, 6.45) is 1.68. The first-order valence-corrected chi connectivity index (χ1v) is 6.14. The number of rotatable bonds is 3. The van der Waals surface area contributed by atoms with Crippen LogP contribution >= 0.6 is 27.5 Å². The van der Waals surface area contributed by atoms with Gasteiger partial charge in [-0.05, 0) is 28.1 Å². The van der Waals surface area contributed by atoms with E-state index in [0.717, 1.165) is 4.47 Å². The fourth-order valence-corrected chi connectivity index (χ4v) is 1.93. The smallest absolute Gasteiger partial charge is 0.237 e. The third kappa shape index (κ3) is 2.47. The maximum Gasteiger partial charge on any atom is 0.237 e. The molecule has 0 aliphatic carbocycles. The van der Waals surface area contributed by atoms with Crippen LogP contribution < -0.4 is 4.74 Å². The molecule has 0 unspecified atom stereocenters. The Labute approximate surface area is 107 Å². The van der Waals surface area contributed by atoms with Crippen molar-refractivity contribution in [1.82, 2.24) is 9.88 Å². The molecule has 6 heteroatoms. The van der Waals surface area contributed by atoms with E-state index in [1.807, 2.05) is 12.1 Å². The predicted molar refractivity (Wildman–Crippen MR) is 63.7 cm³/mol. The fourth-order valence-electron chi connectivity index (χ4n) is 1.42. The number of carbonyl (C=O) groups is 1. The molecule has 2 rings (SSSR count). The molecule has 1 aliphatic rings. The van der Waals surface area contributed by atoms with E-state index in [1.165, 1.54) is 0 Å². The third-order valence-corrected chi connectivity index (χ3v) is 3.15. The van der Waals surface area contributed by atoms with Crippen molar-refractivity contribution in [2.45, 2.75) is 6.10 Å². The van der Waals surface area contributed by atoms with Gasteiger partial charge in [0, 0.05) is 6.20 Å². The van der Waals surface area contributed by atoms with Gasteiger partial charge in [-0.25, -0.2) is 4.98 Å². The minimum atomic E-state index is -0.0541. The van der Waals surface area contributed by atoms with E-state index in [9.17, 15) is 4.79 Å². The molecule has 1 saturated heterocycles. The lowest BCUT2D eigenvalue weighted by Crippen LogP contribution is -2.56. The number of amides is 1. The molecule has 2 heterocycles. The van der Waals surface area contributed by atoms with E-state index in [1.54, 1.807) is 11.1 Å². The summed E-state index contributed by atoms with van der Waals surface area (Å²) in [6.45, 7) is 1.16. The summed E-state index contributed by atoms with van der Waals surface area (Å²) in [4.78, 5) is 16.9. The summed E-state index contributed by atoms with van der Waals surface area (Å²) in [6, 6.07) is 3.68. The molecule has 1 fully saturated rings. The Morgan fingerprint density at radius 3 is 3.06 bits per heavy atom. The van der Waals surface area contributed by atoms with Crippen molar-refractivity contribution in [2.75, 3.05) is 19.0 Å². The molecule has 0 aromatic carbocycles. The van der Waals surface area contributed by atoms with E-state index in [0.29, 0.717) is 19.0 Å². The van der Waals surface area contributed by atoms with Crippen LogP contribution in [0.15, 0.2) is 22.8 Å². The molecule has 1 aromatic rings. The number of ether oxygens (including phenoxy) is 1. The predicted octanol–water partition coefficient (Wildman–Crippen LogP) is 1.67. The van der Waals surface area contributed by atoms with Gasteiger partial charge in [0.2, 0.25) is 11.8 Å². The van der Waals surface area contributed by atoms with Gasteiger partial charge in [0.25, 0.3) is 0 Å². The fraction of sp³-hybridized carbons (Fsp3) is 0.400. The van der Waals surface area contributed by atoms with Crippen LogP contribution in [0.2, 0.25) is 0 Å². The Hall–Kier alpha value is -0.810. The first-order chi connectivity index (χ1) is 7.70. The number of alkyl halides is 1. The first-order valence-electron chi connectivity index (χ1n) is 4.81. The maximum atomic E-state index is 11.2. The van der Waals surface area contributed by atoms with Gasteiger partial charge in [0.05, 0.1) is 17.6 Å². The monoisotopic (exact) mass is 304 g/mol. The van der Waals surface area contributed by atoms with E-state index >= 15 is 0 Å². The summed E-state index contributed by atoms with van der Waals surface area (Å²) in [7, 11) is 0. The van der Waals surface area contributed by atoms with Gasteiger partial charge in [-0.3, -0.25) is 4.79 Å². The molecule has 1 aliphatic heterocycles. The van der Waals surface area contributed by atoms with Crippen LogP contribution in [0.3, 0.4) is 0 Å². The highest BCUT2D eigenvalue weighted by Gasteiger charge is 2.32. The van der Waals surface area contributed by atoms with Crippen molar-refractivity contribution in [3.63, 3.8) is 0 Å². The van der Waals surface area contributed by atoms with E-state index in [-0.39, 0.29) is 17.9 Å². The van der Waals surface area contributed by atoms with Crippen LogP contribution in [0.4, 0.5) is 0 Å². The molecule has 1 amide bonds. The zero-order chi connectivity index (χ0) is 11.5. The van der Waals surface area contributed by atoms with Crippen LogP contribution in [-0.4, -0.2) is 40.9 Å². The lowest BCUT2D eigenvalue weighted by atomic mass is 10.2. The molecule has 0 radical (unpaired) electrons. The summed E-state index contributed by atoms with van der Waals surface area (Å²) in [5.74, 6) is 0.534. The van der Waals surface area contributed by atoms with Gasteiger partial charge in [0.15, 0.2) is 0 Å². The van der Waals surface area contributed by atoms with Crippen molar-refractivity contribution < 1.29 is 9.53 Å². The number of hydrogen-bond donors (Lipinski definition) is 0. The Balaban J connectivity index is 1.86. The van der Waals surface area contributed by atoms with E-state index in [4.69, 9.17) is 16.3 Å². The average Bonchev–Trinajstić information content (AvgIpc) is 2.24. The minimum absolute atomic E-state index is 0.0124. The molecule has 1 aromatic heterocycles. The summed E-state index contributed by atoms with van der Waals surface area (Å²) in [5, 5.41) is 0. The van der Waals surface area contributed by atoms with Crippen molar-refractivity contribution >= 4 is 33.4 Å². The number of halogens is 2. The molecule has 0 saturated carbocycles. The molecule has 4 nitrogen and oxygen atoms in total. The maximum absolute atomic E-state index is 11.2. The third-order valence-electron chi connectivity index (χ3n) is 2.32. The second kappa shape index (κ2) is 5.01.